The Morgan fingerprint density at radius 1 is 0.458 bits per heavy atom. The molecule has 2 aromatic heterocycles. The van der Waals surface area contributed by atoms with Crippen LogP contribution in [0.2, 0.25) is 0 Å². The number of aromatic nitrogens is 2. The van der Waals surface area contributed by atoms with Crippen molar-refractivity contribution in [3.05, 3.63) is 204 Å². The molecule has 0 aliphatic heterocycles. The van der Waals surface area contributed by atoms with Gasteiger partial charge in [0, 0.05) is 82.9 Å². The van der Waals surface area contributed by atoms with Gasteiger partial charge in [0.15, 0.2) is 0 Å². The van der Waals surface area contributed by atoms with E-state index in [1.54, 1.807) is 60.7 Å². The van der Waals surface area contributed by atoms with E-state index in [9.17, 15) is 49.8 Å². The number of amides is 2. The molecule has 4 atom stereocenters. The second kappa shape index (κ2) is 30.9. The van der Waals surface area contributed by atoms with E-state index in [4.69, 9.17) is 0 Å². The molecule has 0 bridgehead atoms. The van der Waals surface area contributed by atoms with Crippen LogP contribution in [0.15, 0.2) is 170 Å². The topological polar surface area (TPSA) is 229 Å². The second-order valence-corrected chi connectivity index (χ2v) is 20.7. The molecule has 8 rings (SSSR count). The average Bonchev–Trinajstić information content (AvgIpc) is 4.07. The number of carbonyl (C=O) groups excluding carboxylic acids is 4. The number of aliphatic hydroxyl groups excluding tert-OH is 4. The predicted octanol–water partition coefficient (Wildman–Crippen LogP) is 9.58. The van der Waals surface area contributed by atoms with Gasteiger partial charge in [0.1, 0.15) is 11.6 Å². The van der Waals surface area contributed by atoms with Crippen molar-refractivity contribution in [1.82, 2.24) is 9.13 Å². The van der Waals surface area contributed by atoms with Crippen LogP contribution >= 0.6 is 0 Å². The first kappa shape index (κ1) is 64.9. The Morgan fingerprint density at radius 2 is 0.759 bits per heavy atom. The summed E-state index contributed by atoms with van der Waals surface area (Å²) in [7, 11) is 0. The molecular weight excluding hydrogens is 1090 g/mol. The van der Waals surface area contributed by atoms with Crippen molar-refractivity contribution >= 4 is 72.9 Å². The van der Waals surface area contributed by atoms with E-state index in [2.05, 4.69) is 10.6 Å². The standard InChI is InChI=1S/2C33H35FN2O5.Ca/c2*1-21(2)31-30(33(41)35-23-13-7-4-8-14-23)29(22-11-5-3-6-12-22)32(26-15-9-10-16-27(26)34)36(31)18-17-24(37)19-25(38)20-28(39)40;/h2*3-16,21,24-25,37-38H,17-20H2,1-2H3,(H,35,41)(H,39,40);/q;;+2/p-2/t2*24-,25-;/m11./s1. The van der Waals surface area contributed by atoms with Gasteiger partial charge >= 0.3 is 37.7 Å². The van der Waals surface area contributed by atoms with Crippen LogP contribution in [-0.4, -0.2) is 115 Å². The molecule has 0 unspecified atom stereocenters. The number of hydrogen-bond donors (Lipinski definition) is 6. The van der Waals surface area contributed by atoms with Crippen molar-refractivity contribution in [1.29, 1.82) is 0 Å². The zero-order valence-electron chi connectivity index (χ0n) is 46.9. The summed E-state index contributed by atoms with van der Waals surface area (Å²) in [6.07, 6.45) is -5.82. The first-order chi connectivity index (χ1) is 39.3. The number of rotatable bonds is 24. The number of carboxylic acid groups (broad SMARTS) is 2. The predicted molar refractivity (Wildman–Crippen MR) is 315 cm³/mol. The molecule has 0 saturated carbocycles. The Kier molecular flexibility index (Phi) is 24.1. The summed E-state index contributed by atoms with van der Waals surface area (Å²) < 4.78 is 34.7. The van der Waals surface area contributed by atoms with Gasteiger partial charge in [0.2, 0.25) is 0 Å². The molecule has 14 nitrogen and oxygen atoms in total. The van der Waals surface area contributed by atoms with Crippen LogP contribution in [0.4, 0.5) is 20.2 Å². The fourth-order valence-electron chi connectivity index (χ4n) is 10.4. The van der Waals surface area contributed by atoms with Gasteiger partial charge < -0.3 is 60.0 Å². The molecule has 0 saturated heterocycles. The molecule has 428 valence electrons. The summed E-state index contributed by atoms with van der Waals surface area (Å²) >= 11 is 0. The SMILES string of the molecule is CC(C)c1c(C(=O)Nc2ccccc2)c(-c2ccccc2)c(-c2ccccc2F)n1CC[C@@H](O)C[C@@H](O)CC(=O)[O-].CC(C)c1c(C(=O)Nc2ccccc2)c(-c2ccccc2)c(-c2ccccc2F)n1CC[C@@H](O)C[C@@H](O)CC(=O)[O-].[Ca+2]. The minimum absolute atomic E-state index is 0. The van der Waals surface area contributed by atoms with Crippen molar-refractivity contribution in [2.45, 2.75) is 116 Å². The number of nitrogens with one attached hydrogen (secondary N) is 2. The van der Waals surface area contributed by atoms with Crippen molar-refractivity contribution < 1.29 is 58.6 Å². The van der Waals surface area contributed by atoms with Gasteiger partial charge in [-0.2, -0.15) is 0 Å². The molecule has 6 N–H and O–H groups in total. The molecule has 17 heteroatoms. The number of aliphatic hydroxyl groups is 4. The minimum Gasteiger partial charge on any atom is -0.550 e. The van der Waals surface area contributed by atoms with Crippen LogP contribution in [0.25, 0.3) is 44.8 Å². The van der Waals surface area contributed by atoms with E-state index in [-0.39, 0.29) is 100 Å². The molecule has 6 aromatic carbocycles. The van der Waals surface area contributed by atoms with Crippen LogP contribution in [0, 0.1) is 11.6 Å². The summed E-state index contributed by atoms with van der Waals surface area (Å²) in [5.74, 6) is -4.76. The summed E-state index contributed by atoms with van der Waals surface area (Å²) in [4.78, 5) is 49.8. The second-order valence-electron chi connectivity index (χ2n) is 20.7. The van der Waals surface area contributed by atoms with Crippen LogP contribution in [0.3, 0.4) is 0 Å². The zero-order chi connectivity index (χ0) is 59.0. The summed E-state index contributed by atoms with van der Waals surface area (Å²) in [6.45, 7) is 8.18. The van der Waals surface area contributed by atoms with Gasteiger partial charge in [-0.05, 0) is 97.2 Å². The van der Waals surface area contributed by atoms with Gasteiger partial charge in [0.25, 0.3) is 11.8 Å². The minimum atomic E-state index is -1.40. The summed E-state index contributed by atoms with van der Waals surface area (Å²) in [6, 6.07) is 49.5. The Bertz CT molecular complexity index is 3200. The number of benzene rings is 6. The fourth-order valence-corrected chi connectivity index (χ4v) is 10.4. The smallest absolute Gasteiger partial charge is 0.550 e. The van der Waals surface area contributed by atoms with E-state index < -0.39 is 60.8 Å². The maximum absolute atomic E-state index is 15.5. The van der Waals surface area contributed by atoms with Crippen LogP contribution in [0.5, 0.6) is 0 Å². The third kappa shape index (κ3) is 16.9. The molecule has 2 amide bonds. The molecule has 0 radical (unpaired) electrons. The van der Waals surface area contributed by atoms with Gasteiger partial charge in [-0.15, -0.1) is 0 Å². The van der Waals surface area contributed by atoms with Crippen molar-refractivity contribution in [2.75, 3.05) is 10.6 Å². The number of nitrogens with zero attached hydrogens (tertiary/aromatic N) is 2. The van der Waals surface area contributed by atoms with Crippen LogP contribution in [-0.2, 0) is 22.7 Å². The van der Waals surface area contributed by atoms with E-state index >= 15 is 8.78 Å². The van der Waals surface area contributed by atoms with E-state index in [0.717, 1.165) is 11.1 Å². The Morgan fingerprint density at radius 3 is 1.06 bits per heavy atom. The third-order valence-electron chi connectivity index (χ3n) is 13.9. The Hall–Kier alpha value is -7.28. The molecule has 0 aliphatic carbocycles. The molecule has 0 aliphatic rings. The maximum atomic E-state index is 15.5. The molecule has 83 heavy (non-hydrogen) atoms. The fraction of sp³-hybridized carbons (Fsp3) is 0.273. The number of carboxylic acids is 2. The number of hydrogen-bond acceptors (Lipinski definition) is 10. The third-order valence-corrected chi connectivity index (χ3v) is 13.9. The van der Waals surface area contributed by atoms with Gasteiger partial charge in [-0.25, -0.2) is 8.78 Å². The monoisotopic (exact) mass is 1150 g/mol. The number of anilines is 2. The van der Waals surface area contributed by atoms with Crippen molar-refractivity contribution in [2.24, 2.45) is 0 Å². The Labute approximate surface area is 512 Å². The largest absolute Gasteiger partial charge is 2.00 e. The number of aliphatic carboxylic acids is 2. The molecule has 0 fully saturated rings. The van der Waals surface area contributed by atoms with Crippen molar-refractivity contribution in [3.8, 4) is 44.8 Å². The first-order valence-electron chi connectivity index (χ1n) is 27.3. The van der Waals surface area contributed by atoms with Crippen LogP contribution in [0.1, 0.15) is 110 Å². The van der Waals surface area contributed by atoms with Crippen LogP contribution < -0.4 is 20.8 Å². The first-order valence-corrected chi connectivity index (χ1v) is 27.3. The summed E-state index contributed by atoms with van der Waals surface area (Å²) in [5, 5.41) is 69.1. The summed E-state index contributed by atoms with van der Waals surface area (Å²) in [5.41, 5.74) is 7.57. The number of para-hydroxylation sites is 2. The van der Waals surface area contributed by atoms with Crippen molar-refractivity contribution in [3.63, 3.8) is 0 Å². The average molecular weight is 1160 g/mol. The van der Waals surface area contributed by atoms with E-state index in [1.165, 1.54) is 12.1 Å². The number of carbonyl (C=O) groups is 4. The van der Waals surface area contributed by atoms with Gasteiger partial charge in [-0.1, -0.05) is 149 Å². The normalized spacial score (nSPS) is 12.6. The zero-order valence-corrected chi connectivity index (χ0v) is 49.1. The molecule has 8 aromatic rings. The van der Waals surface area contributed by atoms with Gasteiger partial charge in [-0.3, -0.25) is 9.59 Å². The molecule has 0 spiro atoms. The maximum Gasteiger partial charge on any atom is 2.00 e. The molecule has 2 heterocycles. The van der Waals surface area contributed by atoms with E-state index in [0.29, 0.717) is 67.5 Å². The van der Waals surface area contributed by atoms with Gasteiger partial charge in [0.05, 0.1) is 46.9 Å². The quantitative estimate of drug-likeness (QED) is 0.0314. The molecular formula is C66H68CaF2N4O10. The van der Waals surface area contributed by atoms with E-state index in [1.807, 2.05) is 134 Å². The number of halogens is 2. The Balaban J connectivity index is 0.000000263.